The van der Waals surface area contributed by atoms with Crippen LogP contribution in [0.5, 0.6) is 0 Å². The molecular weight excluding hydrogens is 280 g/mol. The van der Waals surface area contributed by atoms with E-state index < -0.39 is 16.0 Å². The highest BCUT2D eigenvalue weighted by Gasteiger charge is 2.25. The summed E-state index contributed by atoms with van der Waals surface area (Å²) in [5.41, 5.74) is 1.06. The smallest absolute Gasteiger partial charge is 0.358 e. The topological polar surface area (TPSA) is 106 Å². The SMILES string of the molecule is COC(=O)c1ncsc1S(=O)(=O)NCCCCO. The second kappa shape index (κ2) is 6.78. The van der Waals surface area contributed by atoms with Crippen LogP contribution in [-0.4, -0.2) is 44.7 Å². The number of rotatable bonds is 7. The Kier molecular flexibility index (Phi) is 5.66. The summed E-state index contributed by atoms with van der Waals surface area (Å²) in [4.78, 5) is 15.0. The number of aromatic nitrogens is 1. The number of unbranched alkanes of at least 4 members (excludes halogenated alkanes) is 1. The Morgan fingerprint density at radius 1 is 1.56 bits per heavy atom. The summed E-state index contributed by atoms with van der Waals surface area (Å²) in [6.45, 7) is 0.205. The van der Waals surface area contributed by atoms with E-state index >= 15 is 0 Å². The molecule has 0 aliphatic rings. The number of methoxy groups -OCH3 is 1. The highest BCUT2D eigenvalue weighted by atomic mass is 32.2. The Hall–Kier alpha value is -1.03. The number of ether oxygens (including phenoxy) is 1. The Morgan fingerprint density at radius 3 is 2.89 bits per heavy atom. The maximum absolute atomic E-state index is 11.9. The first-order valence-electron chi connectivity index (χ1n) is 5.15. The molecule has 1 heterocycles. The average Bonchev–Trinajstić information content (AvgIpc) is 2.83. The normalized spacial score (nSPS) is 11.4. The van der Waals surface area contributed by atoms with Crippen molar-refractivity contribution in [1.29, 1.82) is 0 Å². The monoisotopic (exact) mass is 294 g/mol. The van der Waals surface area contributed by atoms with E-state index in [0.29, 0.717) is 12.8 Å². The van der Waals surface area contributed by atoms with Crippen molar-refractivity contribution >= 4 is 27.3 Å². The van der Waals surface area contributed by atoms with Crippen molar-refractivity contribution in [3.63, 3.8) is 0 Å². The lowest BCUT2D eigenvalue weighted by Crippen LogP contribution is -2.26. The zero-order valence-corrected chi connectivity index (χ0v) is 11.4. The number of hydrogen-bond acceptors (Lipinski definition) is 7. The fourth-order valence-electron chi connectivity index (χ4n) is 1.17. The maximum atomic E-state index is 11.9. The first kappa shape index (κ1) is 15.0. The predicted octanol–water partition coefficient (Wildman–Crippen LogP) is -0.0195. The molecule has 0 spiro atoms. The Bertz CT molecular complexity index is 497. The van der Waals surface area contributed by atoms with Crippen LogP contribution in [0.2, 0.25) is 0 Å². The van der Waals surface area contributed by atoms with Gasteiger partial charge >= 0.3 is 5.97 Å². The van der Waals surface area contributed by atoms with Gasteiger partial charge in [0.05, 0.1) is 12.6 Å². The third-order valence-electron chi connectivity index (χ3n) is 2.03. The molecular formula is C9H14N2O5S2. The lowest BCUT2D eigenvalue weighted by molar-refractivity contribution is 0.0590. The van der Waals surface area contributed by atoms with Gasteiger partial charge in [-0.25, -0.2) is 22.9 Å². The van der Waals surface area contributed by atoms with Crippen molar-refractivity contribution in [3.8, 4) is 0 Å². The molecule has 18 heavy (non-hydrogen) atoms. The van der Waals surface area contributed by atoms with Crippen molar-refractivity contribution in [3.05, 3.63) is 11.2 Å². The molecule has 0 saturated heterocycles. The van der Waals surface area contributed by atoms with E-state index in [9.17, 15) is 13.2 Å². The van der Waals surface area contributed by atoms with E-state index in [1.807, 2.05) is 0 Å². The maximum Gasteiger partial charge on any atom is 0.358 e. The summed E-state index contributed by atoms with van der Waals surface area (Å²) in [5.74, 6) is -0.785. The van der Waals surface area contributed by atoms with Crippen LogP contribution in [0.15, 0.2) is 9.72 Å². The number of hydrogen-bond donors (Lipinski definition) is 2. The molecule has 1 aromatic heterocycles. The number of aliphatic hydroxyl groups is 1. The van der Waals surface area contributed by atoms with Gasteiger partial charge < -0.3 is 9.84 Å². The number of thiazole rings is 1. The zero-order valence-electron chi connectivity index (χ0n) is 9.75. The molecule has 0 saturated carbocycles. The molecule has 7 nitrogen and oxygen atoms in total. The minimum Gasteiger partial charge on any atom is -0.464 e. The van der Waals surface area contributed by atoms with Crippen molar-refractivity contribution in [1.82, 2.24) is 9.71 Å². The summed E-state index contributed by atoms with van der Waals surface area (Å²) >= 11 is 0.852. The lowest BCUT2D eigenvalue weighted by atomic mass is 10.3. The van der Waals surface area contributed by atoms with E-state index in [2.05, 4.69) is 14.4 Å². The van der Waals surface area contributed by atoms with E-state index in [1.54, 1.807) is 0 Å². The molecule has 0 amide bonds. The Labute approximate surface area is 109 Å². The number of nitrogens with zero attached hydrogens (tertiary/aromatic N) is 1. The van der Waals surface area contributed by atoms with Crippen LogP contribution in [-0.2, 0) is 14.8 Å². The summed E-state index contributed by atoms with van der Waals surface area (Å²) in [6.07, 6.45) is 1.02. The van der Waals surface area contributed by atoms with Crippen LogP contribution in [0.3, 0.4) is 0 Å². The molecule has 0 unspecified atom stereocenters. The van der Waals surface area contributed by atoms with Gasteiger partial charge in [0.2, 0.25) is 0 Å². The van der Waals surface area contributed by atoms with Gasteiger partial charge in [-0.3, -0.25) is 0 Å². The Balaban J connectivity index is 2.79. The van der Waals surface area contributed by atoms with Gasteiger partial charge in [-0.05, 0) is 12.8 Å². The lowest BCUT2D eigenvalue weighted by Gasteiger charge is -2.05. The standard InChI is InChI=1S/C9H14N2O5S2/c1-16-8(13)7-9(17-6-10-7)18(14,15)11-4-2-3-5-12/h6,11-12H,2-5H2,1H3. The van der Waals surface area contributed by atoms with Gasteiger partial charge in [-0.1, -0.05) is 0 Å². The first-order valence-corrected chi connectivity index (χ1v) is 7.51. The van der Waals surface area contributed by atoms with E-state index in [4.69, 9.17) is 5.11 Å². The van der Waals surface area contributed by atoms with Gasteiger partial charge in [0.1, 0.15) is 0 Å². The third kappa shape index (κ3) is 3.73. The van der Waals surface area contributed by atoms with Crippen molar-refractivity contribution < 1.29 is 23.1 Å². The molecule has 0 fully saturated rings. The van der Waals surface area contributed by atoms with Crippen molar-refractivity contribution in [2.45, 2.75) is 17.1 Å². The molecule has 0 radical (unpaired) electrons. The fraction of sp³-hybridized carbons (Fsp3) is 0.556. The molecule has 2 N–H and O–H groups in total. The van der Waals surface area contributed by atoms with Crippen molar-refractivity contribution in [2.24, 2.45) is 0 Å². The zero-order chi connectivity index (χ0) is 13.6. The second-order valence-corrected chi connectivity index (χ2v) is 6.13. The quantitative estimate of drug-likeness (QED) is 0.541. The minimum absolute atomic E-state index is 0.00962. The summed E-state index contributed by atoms with van der Waals surface area (Å²) < 4.78 is 30.4. The molecule has 0 aromatic carbocycles. The van der Waals surface area contributed by atoms with Crippen LogP contribution in [0.4, 0.5) is 0 Å². The van der Waals surface area contributed by atoms with Crippen LogP contribution in [0.1, 0.15) is 23.3 Å². The largest absolute Gasteiger partial charge is 0.464 e. The van der Waals surface area contributed by atoms with Gasteiger partial charge in [0.15, 0.2) is 9.90 Å². The van der Waals surface area contributed by atoms with E-state index in [-0.39, 0.29) is 23.1 Å². The molecule has 9 heteroatoms. The van der Waals surface area contributed by atoms with Crippen molar-refractivity contribution in [2.75, 3.05) is 20.3 Å². The third-order valence-corrected chi connectivity index (χ3v) is 4.87. The molecule has 0 aliphatic carbocycles. The van der Waals surface area contributed by atoms with Crippen LogP contribution in [0, 0.1) is 0 Å². The molecule has 0 bridgehead atoms. The molecule has 1 aromatic rings. The highest BCUT2D eigenvalue weighted by Crippen LogP contribution is 2.20. The van der Waals surface area contributed by atoms with Gasteiger partial charge in [-0.15, -0.1) is 11.3 Å². The number of carbonyl (C=O) groups excluding carboxylic acids is 1. The fourth-order valence-corrected chi connectivity index (χ4v) is 3.42. The second-order valence-electron chi connectivity index (χ2n) is 3.31. The average molecular weight is 294 g/mol. The summed E-state index contributed by atoms with van der Waals surface area (Å²) in [6, 6.07) is 0. The highest BCUT2D eigenvalue weighted by molar-refractivity contribution is 7.91. The minimum atomic E-state index is -3.76. The summed E-state index contributed by atoms with van der Waals surface area (Å²) in [7, 11) is -2.60. The number of nitrogens with one attached hydrogen (secondary N) is 1. The van der Waals surface area contributed by atoms with Gasteiger partial charge in [0, 0.05) is 13.2 Å². The summed E-state index contributed by atoms with van der Waals surface area (Å²) in [5, 5.41) is 8.58. The van der Waals surface area contributed by atoms with Gasteiger partial charge in [0.25, 0.3) is 10.0 Å². The Morgan fingerprint density at radius 2 is 2.28 bits per heavy atom. The van der Waals surface area contributed by atoms with E-state index in [1.165, 1.54) is 5.51 Å². The van der Waals surface area contributed by atoms with Crippen LogP contribution >= 0.6 is 11.3 Å². The molecule has 1 rings (SSSR count). The first-order chi connectivity index (χ1) is 8.53. The number of carbonyl (C=O) groups is 1. The van der Waals surface area contributed by atoms with Crippen LogP contribution in [0.25, 0.3) is 0 Å². The van der Waals surface area contributed by atoms with Gasteiger partial charge in [-0.2, -0.15) is 0 Å². The molecule has 0 aliphatic heterocycles. The number of esters is 1. The van der Waals surface area contributed by atoms with Crippen LogP contribution < -0.4 is 4.72 Å². The number of sulfonamides is 1. The molecule has 0 atom stereocenters. The van der Waals surface area contributed by atoms with E-state index in [0.717, 1.165) is 18.4 Å². The number of aliphatic hydroxyl groups excluding tert-OH is 1. The predicted molar refractivity (Wildman–Crippen MR) is 65.0 cm³/mol. The molecule has 102 valence electrons.